The lowest BCUT2D eigenvalue weighted by atomic mass is 9.98. The number of fused-ring (bicyclic) bond motifs is 3. The lowest BCUT2D eigenvalue weighted by molar-refractivity contribution is 0.874. The van der Waals surface area contributed by atoms with Crippen LogP contribution in [-0.2, 0) is 7.05 Å². The monoisotopic (exact) mass is 223 g/mol. The third kappa shape index (κ3) is 1.46. The van der Waals surface area contributed by atoms with Gasteiger partial charge in [-0.1, -0.05) is 38.1 Å². The molecule has 17 heavy (non-hydrogen) atoms. The second kappa shape index (κ2) is 3.63. The van der Waals surface area contributed by atoms with Crippen LogP contribution in [0.15, 0.2) is 42.7 Å². The molecule has 0 aromatic heterocycles. The van der Waals surface area contributed by atoms with E-state index in [1.54, 1.807) is 0 Å². The average molecular weight is 223 g/mol. The van der Waals surface area contributed by atoms with Crippen LogP contribution in [0.2, 0.25) is 0 Å². The first kappa shape index (κ1) is 10.4. The first-order chi connectivity index (χ1) is 8.18. The maximum Gasteiger partial charge on any atom is 0.0116 e. The van der Waals surface area contributed by atoms with Gasteiger partial charge in [0.15, 0.2) is 0 Å². The highest BCUT2D eigenvalue weighted by atomic mass is 14.9. The number of hydrogen-bond acceptors (Lipinski definition) is 0. The van der Waals surface area contributed by atoms with Crippen LogP contribution in [-0.4, -0.2) is 4.57 Å². The third-order valence-electron chi connectivity index (χ3n) is 3.47. The molecule has 1 heteroatoms. The first-order valence-electron chi connectivity index (χ1n) is 6.15. The summed E-state index contributed by atoms with van der Waals surface area (Å²) in [6.45, 7) is 4.54. The minimum Gasteiger partial charge on any atom is -0.357 e. The van der Waals surface area contributed by atoms with Crippen LogP contribution in [0, 0.1) is 0 Å². The van der Waals surface area contributed by atoms with Crippen LogP contribution in [0.1, 0.15) is 25.3 Å². The lowest BCUT2D eigenvalue weighted by Gasteiger charge is -2.09. The van der Waals surface area contributed by atoms with Gasteiger partial charge in [0, 0.05) is 25.0 Å². The molecule has 0 atom stereocenters. The van der Waals surface area contributed by atoms with Crippen molar-refractivity contribution in [3.63, 3.8) is 0 Å². The molecule has 1 nitrogen and oxygen atoms in total. The molecular weight excluding hydrogens is 206 g/mol. The lowest BCUT2D eigenvalue weighted by Crippen LogP contribution is -1.92. The van der Waals surface area contributed by atoms with Gasteiger partial charge in [-0.25, -0.2) is 0 Å². The predicted octanol–water partition coefficient (Wildman–Crippen LogP) is 4.41. The first-order valence-corrected chi connectivity index (χ1v) is 6.15. The SMILES string of the molecule is CC(C)c1c2ccn(C)cc-2c2ccccc12. The molecule has 1 heterocycles. The van der Waals surface area contributed by atoms with E-state index in [0.29, 0.717) is 5.92 Å². The van der Waals surface area contributed by atoms with E-state index >= 15 is 0 Å². The van der Waals surface area contributed by atoms with Crippen molar-refractivity contribution in [2.75, 3.05) is 0 Å². The Kier molecular flexibility index (Phi) is 2.22. The summed E-state index contributed by atoms with van der Waals surface area (Å²) in [4.78, 5) is 0. The van der Waals surface area contributed by atoms with E-state index in [0.717, 1.165) is 0 Å². The minimum atomic E-state index is 0.560. The second-order valence-electron chi connectivity index (χ2n) is 5.05. The Balaban J connectivity index is 2.51. The third-order valence-corrected chi connectivity index (χ3v) is 3.47. The second-order valence-corrected chi connectivity index (χ2v) is 5.05. The van der Waals surface area contributed by atoms with Crippen LogP contribution in [0.3, 0.4) is 0 Å². The Bertz CT molecular complexity index is 646. The molecule has 0 bridgehead atoms. The Hall–Kier alpha value is -1.76. The van der Waals surface area contributed by atoms with E-state index in [1.807, 2.05) is 0 Å². The molecule has 0 spiro atoms. The van der Waals surface area contributed by atoms with E-state index in [-0.39, 0.29) is 0 Å². The quantitative estimate of drug-likeness (QED) is 0.576. The Morgan fingerprint density at radius 1 is 0.941 bits per heavy atom. The van der Waals surface area contributed by atoms with Crippen LogP contribution in [0.5, 0.6) is 0 Å². The van der Waals surface area contributed by atoms with Crippen molar-refractivity contribution in [3.05, 3.63) is 48.3 Å². The summed E-state index contributed by atoms with van der Waals surface area (Å²) in [6, 6.07) is 11.0. The van der Waals surface area contributed by atoms with Crippen molar-refractivity contribution in [1.82, 2.24) is 4.57 Å². The highest BCUT2D eigenvalue weighted by Crippen LogP contribution is 2.42. The molecule has 1 aromatic carbocycles. The zero-order valence-electron chi connectivity index (χ0n) is 10.6. The zero-order chi connectivity index (χ0) is 12.0. The molecular formula is C16H17N. The van der Waals surface area contributed by atoms with Gasteiger partial charge in [0.1, 0.15) is 0 Å². The van der Waals surface area contributed by atoms with E-state index in [9.17, 15) is 0 Å². The van der Waals surface area contributed by atoms with Gasteiger partial charge in [-0.3, -0.25) is 0 Å². The molecule has 1 aliphatic heterocycles. The van der Waals surface area contributed by atoms with Gasteiger partial charge in [0.25, 0.3) is 0 Å². The number of benzene rings is 1. The maximum atomic E-state index is 2.27. The molecule has 0 unspecified atom stereocenters. The van der Waals surface area contributed by atoms with E-state index in [4.69, 9.17) is 0 Å². The summed E-state index contributed by atoms with van der Waals surface area (Å²) >= 11 is 0. The number of rotatable bonds is 1. The minimum absolute atomic E-state index is 0.560. The maximum absolute atomic E-state index is 2.27. The smallest absolute Gasteiger partial charge is 0.0116 e. The summed E-state index contributed by atoms with van der Waals surface area (Å²) in [6.07, 6.45) is 4.36. The number of pyridine rings is 1. The molecule has 0 saturated heterocycles. The van der Waals surface area contributed by atoms with Gasteiger partial charge >= 0.3 is 0 Å². The molecule has 0 radical (unpaired) electrons. The summed E-state index contributed by atoms with van der Waals surface area (Å²) in [5.41, 5.74) is 4.25. The summed E-state index contributed by atoms with van der Waals surface area (Å²) < 4.78 is 2.12. The van der Waals surface area contributed by atoms with Crippen molar-refractivity contribution in [2.24, 2.45) is 7.05 Å². The van der Waals surface area contributed by atoms with Gasteiger partial charge in [-0.2, -0.15) is 0 Å². The standard InChI is InChI=1S/C16H17N/c1-11(2)16-13-7-5-4-6-12(13)15-10-17(3)9-8-14(15)16/h4-11H,1-3H3. The summed E-state index contributed by atoms with van der Waals surface area (Å²) in [7, 11) is 2.08. The summed E-state index contributed by atoms with van der Waals surface area (Å²) in [5.74, 6) is 0.560. The molecule has 0 N–H and O–H groups in total. The van der Waals surface area contributed by atoms with Crippen molar-refractivity contribution >= 4 is 10.8 Å². The molecule has 86 valence electrons. The van der Waals surface area contributed by atoms with Gasteiger partial charge in [0.05, 0.1) is 0 Å². The topological polar surface area (TPSA) is 4.93 Å². The van der Waals surface area contributed by atoms with Gasteiger partial charge in [-0.15, -0.1) is 0 Å². The van der Waals surface area contributed by atoms with Crippen LogP contribution in [0.4, 0.5) is 0 Å². The molecule has 1 aliphatic carbocycles. The summed E-state index contributed by atoms with van der Waals surface area (Å²) in [5, 5.41) is 2.78. The van der Waals surface area contributed by atoms with Crippen LogP contribution >= 0.6 is 0 Å². The number of hydrogen-bond donors (Lipinski definition) is 0. The van der Waals surface area contributed by atoms with Crippen LogP contribution in [0.25, 0.3) is 21.9 Å². The van der Waals surface area contributed by atoms with E-state index in [2.05, 4.69) is 68.2 Å². The fraction of sp³-hybridized carbons (Fsp3) is 0.250. The van der Waals surface area contributed by atoms with Crippen LogP contribution < -0.4 is 0 Å². The Labute approximate surface area is 102 Å². The Morgan fingerprint density at radius 2 is 1.65 bits per heavy atom. The largest absolute Gasteiger partial charge is 0.357 e. The zero-order valence-corrected chi connectivity index (χ0v) is 10.6. The molecule has 0 amide bonds. The normalized spacial score (nSPS) is 11.8. The Morgan fingerprint density at radius 3 is 2.35 bits per heavy atom. The molecule has 2 aliphatic rings. The van der Waals surface area contributed by atoms with Crippen molar-refractivity contribution in [1.29, 1.82) is 0 Å². The van der Waals surface area contributed by atoms with Crippen molar-refractivity contribution in [2.45, 2.75) is 19.8 Å². The van der Waals surface area contributed by atoms with Gasteiger partial charge in [0.2, 0.25) is 0 Å². The highest BCUT2D eigenvalue weighted by molar-refractivity contribution is 6.05. The van der Waals surface area contributed by atoms with Crippen molar-refractivity contribution < 1.29 is 0 Å². The molecule has 1 aromatic rings. The highest BCUT2D eigenvalue weighted by Gasteiger charge is 2.18. The number of aryl methyl sites for hydroxylation is 1. The molecule has 0 fully saturated rings. The average Bonchev–Trinajstić information content (AvgIpc) is 2.63. The van der Waals surface area contributed by atoms with Crippen molar-refractivity contribution in [3.8, 4) is 11.1 Å². The predicted molar refractivity (Wildman–Crippen MR) is 73.6 cm³/mol. The molecule has 0 saturated carbocycles. The van der Waals surface area contributed by atoms with E-state index < -0.39 is 0 Å². The number of aromatic nitrogens is 1. The fourth-order valence-electron chi connectivity index (χ4n) is 2.77. The van der Waals surface area contributed by atoms with Gasteiger partial charge in [-0.05, 0) is 33.9 Å². The number of nitrogens with zero attached hydrogens (tertiary/aromatic N) is 1. The van der Waals surface area contributed by atoms with Gasteiger partial charge < -0.3 is 4.57 Å². The fourth-order valence-corrected chi connectivity index (χ4v) is 2.77. The molecule has 3 rings (SSSR count). The van der Waals surface area contributed by atoms with E-state index in [1.165, 1.54) is 27.5 Å².